The van der Waals surface area contributed by atoms with Crippen molar-refractivity contribution in [3.63, 3.8) is 0 Å². The number of primary amides is 1. The topological polar surface area (TPSA) is 105 Å². The lowest BCUT2D eigenvalue weighted by Gasteiger charge is -2.13. The molecule has 1 aromatic carbocycles. The third-order valence-corrected chi connectivity index (χ3v) is 3.94. The summed E-state index contributed by atoms with van der Waals surface area (Å²) in [7, 11) is 0. The maximum atomic E-state index is 14.2. The van der Waals surface area contributed by atoms with E-state index in [4.69, 9.17) is 23.9 Å². The van der Waals surface area contributed by atoms with Crippen LogP contribution in [0.25, 0.3) is 16.0 Å². The van der Waals surface area contributed by atoms with E-state index in [0.29, 0.717) is 0 Å². The SMILES string of the molecule is [C-]#[N+]c1[nH]c(=O)c(-c2cc(Cl)ccc2F)cc1Nc1ccncc1C(N)=O. The number of aromatic amines is 1. The number of pyridine rings is 2. The van der Waals surface area contributed by atoms with Gasteiger partial charge in [0.2, 0.25) is 0 Å². The van der Waals surface area contributed by atoms with Crippen LogP contribution in [0.3, 0.4) is 0 Å². The Balaban J connectivity index is 2.17. The van der Waals surface area contributed by atoms with Crippen molar-refractivity contribution >= 4 is 34.7 Å². The number of halogens is 2. The Hall–Kier alpha value is -3.70. The molecule has 3 rings (SSSR count). The second kappa shape index (κ2) is 7.27. The van der Waals surface area contributed by atoms with Crippen LogP contribution in [0.4, 0.5) is 21.6 Å². The van der Waals surface area contributed by atoms with Crippen molar-refractivity contribution in [2.24, 2.45) is 5.73 Å². The van der Waals surface area contributed by atoms with Gasteiger partial charge in [-0.15, -0.1) is 0 Å². The molecule has 0 saturated heterocycles. The largest absolute Gasteiger partial charge is 0.365 e. The zero-order valence-electron chi connectivity index (χ0n) is 13.6. The quantitative estimate of drug-likeness (QED) is 0.598. The Bertz CT molecular complexity index is 1150. The Morgan fingerprint density at radius 1 is 1.26 bits per heavy atom. The fraction of sp³-hybridized carbons (Fsp3) is 0. The summed E-state index contributed by atoms with van der Waals surface area (Å²) < 4.78 is 14.2. The van der Waals surface area contributed by atoms with Gasteiger partial charge in [-0.05, 0) is 30.3 Å². The van der Waals surface area contributed by atoms with Gasteiger partial charge < -0.3 is 15.9 Å². The van der Waals surface area contributed by atoms with Crippen molar-refractivity contribution in [2.45, 2.75) is 0 Å². The van der Waals surface area contributed by atoms with Crippen molar-refractivity contribution in [3.8, 4) is 11.1 Å². The second-order valence-electron chi connectivity index (χ2n) is 5.42. The third-order valence-electron chi connectivity index (χ3n) is 3.71. The van der Waals surface area contributed by atoms with Crippen LogP contribution in [0, 0.1) is 12.4 Å². The van der Waals surface area contributed by atoms with E-state index in [1.807, 2.05) is 0 Å². The van der Waals surface area contributed by atoms with E-state index < -0.39 is 17.3 Å². The molecule has 27 heavy (non-hydrogen) atoms. The van der Waals surface area contributed by atoms with Gasteiger partial charge in [-0.1, -0.05) is 18.2 Å². The Kier molecular flexibility index (Phi) is 4.88. The minimum absolute atomic E-state index is 0.0202. The molecule has 9 heteroatoms. The fourth-order valence-electron chi connectivity index (χ4n) is 2.45. The van der Waals surface area contributed by atoms with E-state index in [-0.39, 0.29) is 38.9 Å². The molecule has 0 aliphatic carbocycles. The molecule has 1 amide bonds. The summed E-state index contributed by atoms with van der Waals surface area (Å²) in [5.41, 5.74) is 5.15. The number of hydrogen-bond acceptors (Lipinski definition) is 4. The number of nitrogens with one attached hydrogen (secondary N) is 2. The van der Waals surface area contributed by atoms with Crippen molar-refractivity contribution < 1.29 is 9.18 Å². The van der Waals surface area contributed by atoms with Gasteiger partial charge in [-0.25, -0.2) is 9.18 Å². The number of anilines is 2. The van der Waals surface area contributed by atoms with Crippen LogP contribution in [-0.2, 0) is 0 Å². The molecule has 0 aliphatic rings. The minimum Gasteiger partial charge on any atom is -0.365 e. The zero-order valence-corrected chi connectivity index (χ0v) is 14.3. The summed E-state index contributed by atoms with van der Waals surface area (Å²) >= 11 is 5.90. The highest BCUT2D eigenvalue weighted by Crippen LogP contribution is 2.31. The molecule has 0 bridgehead atoms. The number of aromatic nitrogens is 2. The molecule has 0 unspecified atom stereocenters. The molecule has 134 valence electrons. The van der Waals surface area contributed by atoms with Crippen molar-refractivity contribution in [1.29, 1.82) is 0 Å². The number of H-pyrrole nitrogens is 1. The highest BCUT2D eigenvalue weighted by atomic mass is 35.5. The van der Waals surface area contributed by atoms with Gasteiger partial charge in [-0.3, -0.25) is 14.8 Å². The van der Waals surface area contributed by atoms with Crippen LogP contribution >= 0.6 is 11.6 Å². The van der Waals surface area contributed by atoms with Gasteiger partial charge in [0.25, 0.3) is 11.7 Å². The van der Waals surface area contributed by atoms with E-state index in [9.17, 15) is 14.0 Å². The summed E-state index contributed by atoms with van der Waals surface area (Å²) in [5, 5.41) is 3.11. The molecule has 2 heterocycles. The molecule has 0 spiro atoms. The molecule has 2 aromatic heterocycles. The summed E-state index contributed by atoms with van der Waals surface area (Å²) in [6.45, 7) is 7.25. The number of rotatable bonds is 4. The highest BCUT2D eigenvalue weighted by Gasteiger charge is 2.17. The van der Waals surface area contributed by atoms with Crippen molar-refractivity contribution in [2.75, 3.05) is 5.32 Å². The van der Waals surface area contributed by atoms with Gasteiger partial charge in [0.1, 0.15) is 5.82 Å². The Morgan fingerprint density at radius 3 is 2.74 bits per heavy atom. The number of hydrogen-bond donors (Lipinski definition) is 3. The first-order valence-corrected chi connectivity index (χ1v) is 7.89. The summed E-state index contributed by atoms with van der Waals surface area (Å²) in [4.78, 5) is 33.4. The summed E-state index contributed by atoms with van der Waals surface area (Å²) in [5.74, 6) is -1.48. The number of nitrogens with zero attached hydrogens (tertiary/aromatic N) is 2. The van der Waals surface area contributed by atoms with Gasteiger partial charge in [0.15, 0.2) is 0 Å². The summed E-state index contributed by atoms with van der Waals surface area (Å²) in [6.07, 6.45) is 2.70. The lowest BCUT2D eigenvalue weighted by Crippen LogP contribution is -2.14. The minimum atomic E-state index is -0.722. The third kappa shape index (κ3) is 3.63. The first-order chi connectivity index (χ1) is 12.9. The smallest absolute Gasteiger partial charge is 0.324 e. The first-order valence-electron chi connectivity index (χ1n) is 7.51. The van der Waals surface area contributed by atoms with Crippen LogP contribution in [0.1, 0.15) is 10.4 Å². The first kappa shape index (κ1) is 18.1. The lowest BCUT2D eigenvalue weighted by molar-refractivity contribution is 0.100. The molecule has 0 radical (unpaired) electrons. The van der Waals surface area contributed by atoms with Gasteiger partial charge in [-0.2, -0.15) is 0 Å². The van der Waals surface area contributed by atoms with Crippen LogP contribution in [0.15, 0.2) is 47.5 Å². The van der Waals surface area contributed by atoms with Crippen LogP contribution in [0.2, 0.25) is 5.02 Å². The standard InChI is InChI=1S/C18H11ClFN5O2/c1-22-17-15(24-14-4-5-23-8-12(14)16(21)26)7-11(18(27)25-17)10-6-9(19)2-3-13(10)20/h2-8H,(H2,21,26)(H,23,24)(H,25,27). The predicted octanol–water partition coefficient (Wildman–Crippen LogP) is 3.62. The van der Waals surface area contributed by atoms with Crippen molar-refractivity contribution in [1.82, 2.24) is 9.97 Å². The van der Waals surface area contributed by atoms with E-state index in [2.05, 4.69) is 20.1 Å². The number of amides is 1. The Labute approximate surface area is 157 Å². The predicted molar refractivity (Wildman–Crippen MR) is 99.8 cm³/mol. The number of carbonyl (C=O) groups is 1. The van der Waals surface area contributed by atoms with Crippen LogP contribution in [0.5, 0.6) is 0 Å². The van der Waals surface area contributed by atoms with E-state index in [1.54, 1.807) is 0 Å². The van der Waals surface area contributed by atoms with E-state index in [1.165, 1.54) is 36.7 Å². The second-order valence-corrected chi connectivity index (χ2v) is 5.86. The summed E-state index contributed by atoms with van der Waals surface area (Å²) in [6, 6.07) is 6.60. The molecule has 0 fully saturated rings. The maximum Gasteiger partial charge on any atom is 0.324 e. The number of nitrogens with two attached hydrogens (primary N) is 1. The molecule has 0 atom stereocenters. The van der Waals surface area contributed by atoms with Gasteiger partial charge in [0.05, 0.1) is 22.5 Å². The molecule has 4 N–H and O–H groups in total. The van der Waals surface area contributed by atoms with E-state index >= 15 is 0 Å². The fourth-order valence-corrected chi connectivity index (χ4v) is 2.62. The van der Waals surface area contributed by atoms with Gasteiger partial charge in [0, 0.05) is 23.0 Å². The van der Waals surface area contributed by atoms with Crippen molar-refractivity contribution in [3.05, 3.63) is 80.9 Å². The molecular formula is C18H11ClFN5O2. The van der Waals surface area contributed by atoms with Gasteiger partial charge >= 0.3 is 5.56 Å². The molecular weight excluding hydrogens is 373 g/mol. The Morgan fingerprint density at radius 2 is 2.04 bits per heavy atom. The zero-order chi connectivity index (χ0) is 19.6. The number of carbonyl (C=O) groups excluding carboxylic acids is 1. The molecule has 0 saturated carbocycles. The molecule has 3 aromatic rings. The van der Waals surface area contributed by atoms with Crippen LogP contribution < -0.4 is 16.6 Å². The number of benzene rings is 1. The average molecular weight is 384 g/mol. The molecule has 7 nitrogen and oxygen atoms in total. The lowest BCUT2D eigenvalue weighted by atomic mass is 10.1. The van der Waals surface area contributed by atoms with Crippen LogP contribution in [-0.4, -0.2) is 15.9 Å². The monoisotopic (exact) mass is 383 g/mol. The van der Waals surface area contributed by atoms with E-state index in [0.717, 1.165) is 6.07 Å². The average Bonchev–Trinajstić information content (AvgIpc) is 2.65. The molecule has 0 aliphatic heterocycles. The maximum absolute atomic E-state index is 14.2. The normalized spacial score (nSPS) is 10.3. The highest BCUT2D eigenvalue weighted by molar-refractivity contribution is 6.30.